The monoisotopic (exact) mass is 286 g/mol. The third-order valence-corrected chi connectivity index (χ3v) is 4.00. The summed E-state index contributed by atoms with van der Waals surface area (Å²) in [6.45, 7) is 7.62. The summed E-state index contributed by atoms with van der Waals surface area (Å²) >= 11 is 0. The van der Waals surface area contributed by atoms with Gasteiger partial charge in [-0.05, 0) is 42.4 Å². The van der Waals surface area contributed by atoms with Crippen LogP contribution < -0.4 is 0 Å². The Morgan fingerprint density at radius 3 is 2.52 bits per heavy atom. The van der Waals surface area contributed by atoms with Crippen LogP contribution in [0.15, 0.2) is 48.3 Å². The zero-order chi connectivity index (χ0) is 15.4. The summed E-state index contributed by atoms with van der Waals surface area (Å²) in [4.78, 5) is 11.1. The molecule has 1 aliphatic carbocycles. The maximum Gasteiger partial charge on any atom is 0.307 e. The first kappa shape index (κ1) is 15.5. The van der Waals surface area contributed by atoms with Crippen molar-refractivity contribution >= 4 is 5.97 Å². The molecule has 112 valence electrons. The first-order chi connectivity index (χ1) is 10.0. The van der Waals surface area contributed by atoms with Gasteiger partial charge in [-0.1, -0.05) is 36.4 Å². The van der Waals surface area contributed by atoms with E-state index in [1.807, 2.05) is 37.3 Å². The van der Waals surface area contributed by atoms with Crippen molar-refractivity contribution in [3.63, 3.8) is 0 Å². The van der Waals surface area contributed by atoms with E-state index in [4.69, 9.17) is 9.84 Å². The quantitative estimate of drug-likeness (QED) is 0.678. The van der Waals surface area contributed by atoms with E-state index in [1.54, 1.807) is 0 Å². The van der Waals surface area contributed by atoms with E-state index in [9.17, 15) is 4.79 Å². The van der Waals surface area contributed by atoms with Crippen LogP contribution in [0.2, 0.25) is 0 Å². The lowest BCUT2D eigenvalue weighted by Gasteiger charge is -2.31. The zero-order valence-corrected chi connectivity index (χ0v) is 12.6. The van der Waals surface area contributed by atoms with Gasteiger partial charge < -0.3 is 9.84 Å². The fourth-order valence-corrected chi connectivity index (χ4v) is 2.90. The highest BCUT2D eigenvalue weighted by atomic mass is 16.5. The molecule has 1 aromatic rings. The molecule has 0 unspecified atom stereocenters. The van der Waals surface area contributed by atoms with Crippen molar-refractivity contribution in [1.82, 2.24) is 0 Å². The molecule has 1 aromatic carbocycles. The summed E-state index contributed by atoms with van der Waals surface area (Å²) < 4.78 is 5.27. The van der Waals surface area contributed by atoms with Crippen LogP contribution in [0, 0.1) is 5.92 Å². The molecule has 0 amide bonds. The van der Waals surface area contributed by atoms with Gasteiger partial charge in [0.2, 0.25) is 0 Å². The molecule has 0 heterocycles. The maximum atomic E-state index is 11.1. The Bertz CT molecular complexity index is 554. The van der Waals surface area contributed by atoms with Crippen LogP contribution in [0.1, 0.15) is 43.7 Å². The molecular formula is C18H22O3. The Balaban J connectivity index is 2.25. The number of hydrogen-bond acceptors (Lipinski definition) is 3. The Kier molecular flexibility index (Phi) is 4.97. The number of esters is 1. The lowest BCUT2D eigenvalue weighted by atomic mass is 9.75. The minimum absolute atomic E-state index is 0.0491. The van der Waals surface area contributed by atoms with Crippen LogP contribution >= 0.6 is 0 Å². The van der Waals surface area contributed by atoms with Crippen molar-refractivity contribution in [3.05, 3.63) is 59.4 Å². The van der Waals surface area contributed by atoms with Crippen LogP contribution in [0.4, 0.5) is 0 Å². The van der Waals surface area contributed by atoms with E-state index >= 15 is 0 Å². The van der Waals surface area contributed by atoms with Gasteiger partial charge in [0.25, 0.3) is 0 Å². The molecule has 1 N–H and O–H groups in total. The number of aliphatic hydroxyl groups excluding tert-OH is 1. The van der Waals surface area contributed by atoms with Gasteiger partial charge in [0.05, 0.1) is 6.61 Å². The second kappa shape index (κ2) is 6.72. The number of aliphatic hydroxyl groups is 1. The van der Waals surface area contributed by atoms with Crippen molar-refractivity contribution in [2.24, 2.45) is 5.92 Å². The first-order valence-corrected chi connectivity index (χ1v) is 7.23. The molecular weight excluding hydrogens is 264 g/mol. The van der Waals surface area contributed by atoms with Gasteiger partial charge in [0, 0.05) is 13.3 Å². The molecule has 1 aliphatic rings. The Labute approximate surface area is 125 Å². The van der Waals surface area contributed by atoms with Crippen LogP contribution in [0.25, 0.3) is 0 Å². The zero-order valence-electron chi connectivity index (χ0n) is 12.6. The normalized spacial score (nSPS) is 21.6. The van der Waals surface area contributed by atoms with E-state index in [2.05, 4.69) is 6.58 Å². The summed E-state index contributed by atoms with van der Waals surface area (Å²) in [6.07, 6.45) is 3.54. The third-order valence-electron chi connectivity index (χ3n) is 4.00. The van der Waals surface area contributed by atoms with Crippen molar-refractivity contribution in [3.8, 4) is 0 Å². The average Bonchev–Trinajstić information content (AvgIpc) is 2.46. The fourth-order valence-electron chi connectivity index (χ4n) is 2.90. The van der Waals surface area contributed by atoms with Crippen LogP contribution in [-0.4, -0.2) is 11.1 Å². The summed E-state index contributed by atoms with van der Waals surface area (Å²) in [5.41, 5.74) is 3.24. The molecule has 0 radical (unpaired) electrons. The minimum atomic E-state index is -0.274. The topological polar surface area (TPSA) is 46.5 Å². The molecule has 2 atom stereocenters. The van der Waals surface area contributed by atoms with Gasteiger partial charge in [0.15, 0.2) is 0 Å². The summed E-state index contributed by atoms with van der Waals surface area (Å²) in [5.74, 6) is 1.08. The average molecular weight is 286 g/mol. The number of rotatable bonds is 4. The number of ether oxygens (including phenoxy) is 1. The Morgan fingerprint density at radius 1 is 1.33 bits per heavy atom. The number of benzene rings is 1. The van der Waals surface area contributed by atoms with Crippen LogP contribution in [0.5, 0.6) is 0 Å². The number of carbonyl (C=O) groups is 1. The molecule has 2 rings (SSSR count). The van der Waals surface area contributed by atoms with Gasteiger partial charge in [-0.15, -0.1) is 0 Å². The molecule has 0 saturated heterocycles. The fraction of sp³-hybridized carbons (Fsp3) is 0.389. The lowest BCUT2D eigenvalue weighted by molar-refractivity contribution is -0.137. The lowest BCUT2D eigenvalue weighted by Crippen LogP contribution is -2.20. The Hall–Kier alpha value is -1.87. The molecule has 0 bridgehead atoms. The highest BCUT2D eigenvalue weighted by molar-refractivity contribution is 5.67. The number of allylic oxidation sites excluding steroid dienone is 3. The van der Waals surface area contributed by atoms with Crippen LogP contribution in [-0.2, 0) is 16.1 Å². The van der Waals surface area contributed by atoms with Gasteiger partial charge in [-0.25, -0.2) is 0 Å². The SMILES string of the molecule is C=C(C)[C@@H]1CC=C(OC(C)=O)C[C@H]1c1ccc(CO)cc1. The standard InChI is InChI=1S/C18H22O3/c1-12(2)17-9-8-16(21-13(3)20)10-18(17)15-6-4-14(11-19)5-7-15/h4-8,17-19H,1,9-11H2,2-3H3/t17-,18-/m0/s1. The first-order valence-electron chi connectivity index (χ1n) is 7.23. The Morgan fingerprint density at radius 2 is 2.00 bits per heavy atom. The predicted molar refractivity (Wildman–Crippen MR) is 82.5 cm³/mol. The van der Waals surface area contributed by atoms with E-state index in [-0.39, 0.29) is 18.5 Å². The summed E-state index contributed by atoms with van der Waals surface area (Å²) in [5, 5.41) is 9.14. The smallest absolute Gasteiger partial charge is 0.307 e. The predicted octanol–water partition coefficient (Wildman–Crippen LogP) is 3.70. The summed E-state index contributed by atoms with van der Waals surface area (Å²) in [7, 11) is 0. The molecule has 0 aromatic heterocycles. The van der Waals surface area contributed by atoms with Gasteiger partial charge in [0.1, 0.15) is 5.76 Å². The third kappa shape index (κ3) is 3.82. The van der Waals surface area contributed by atoms with Gasteiger partial charge in [-0.2, -0.15) is 0 Å². The molecule has 0 fully saturated rings. The van der Waals surface area contributed by atoms with Crippen molar-refractivity contribution in [1.29, 1.82) is 0 Å². The van der Waals surface area contributed by atoms with Crippen LogP contribution in [0.3, 0.4) is 0 Å². The highest BCUT2D eigenvalue weighted by Gasteiger charge is 2.29. The molecule has 3 nitrogen and oxygen atoms in total. The van der Waals surface area contributed by atoms with Crippen molar-refractivity contribution in [2.45, 2.75) is 39.2 Å². The van der Waals surface area contributed by atoms with E-state index in [0.717, 1.165) is 23.3 Å². The second-order valence-electron chi connectivity index (χ2n) is 5.66. The summed E-state index contributed by atoms with van der Waals surface area (Å²) in [6, 6.07) is 7.97. The molecule has 0 aliphatic heterocycles. The molecule has 0 saturated carbocycles. The van der Waals surface area contributed by atoms with Crippen molar-refractivity contribution in [2.75, 3.05) is 0 Å². The van der Waals surface area contributed by atoms with E-state index < -0.39 is 0 Å². The highest BCUT2D eigenvalue weighted by Crippen LogP contribution is 2.41. The van der Waals surface area contributed by atoms with E-state index in [1.165, 1.54) is 12.5 Å². The maximum absolute atomic E-state index is 11.1. The minimum Gasteiger partial charge on any atom is -0.432 e. The number of hydrogen-bond donors (Lipinski definition) is 1. The second-order valence-corrected chi connectivity index (χ2v) is 5.66. The van der Waals surface area contributed by atoms with Gasteiger partial charge >= 0.3 is 5.97 Å². The van der Waals surface area contributed by atoms with Gasteiger partial charge in [-0.3, -0.25) is 4.79 Å². The largest absolute Gasteiger partial charge is 0.432 e. The molecule has 3 heteroatoms. The molecule has 0 spiro atoms. The van der Waals surface area contributed by atoms with Crippen molar-refractivity contribution < 1.29 is 14.6 Å². The van der Waals surface area contributed by atoms with E-state index in [0.29, 0.717) is 12.3 Å². The molecule has 21 heavy (non-hydrogen) atoms. The number of carbonyl (C=O) groups excluding carboxylic acids is 1.